The molecule has 4 heteroatoms. The first kappa shape index (κ1) is 10.5. The Balaban J connectivity index is 2.58. The van der Waals surface area contributed by atoms with E-state index in [1.807, 2.05) is 6.92 Å². The average Bonchev–Trinajstić information content (AvgIpc) is 2.48. The summed E-state index contributed by atoms with van der Waals surface area (Å²) in [5.74, 6) is -0.195. The van der Waals surface area contributed by atoms with Gasteiger partial charge in [0.2, 0.25) is 5.91 Å². The van der Waals surface area contributed by atoms with Gasteiger partial charge < -0.3 is 11.5 Å². The number of nitrogens with zero attached hydrogens (tertiary/aromatic N) is 1. The molecule has 1 fully saturated rings. The molecule has 1 rings (SSSR count). The Labute approximate surface area is 79.3 Å². The zero-order valence-electron chi connectivity index (χ0n) is 8.42. The van der Waals surface area contributed by atoms with Gasteiger partial charge in [-0.25, -0.2) is 0 Å². The fraction of sp³-hybridized carbons (Fsp3) is 0.889. The van der Waals surface area contributed by atoms with E-state index in [9.17, 15) is 4.79 Å². The third-order valence-corrected chi connectivity index (χ3v) is 3.06. The summed E-state index contributed by atoms with van der Waals surface area (Å²) in [6, 6.07) is 0.348. The van der Waals surface area contributed by atoms with Crippen LogP contribution in [-0.4, -0.2) is 36.5 Å². The highest BCUT2D eigenvalue weighted by Gasteiger charge is 2.39. The Morgan fingerprint density at radius 2 is 2.31 bits per heavy atom. The second-order valence-electron chi connectivity index (χ2n) is 4.23. The standard InChI is InChI=1S/C9H19N3O/c1-7(5-10)12-4-3-9(2,6-12)8(11)13/h7H,3-6,10H2,1-2H3,(H2,11,13). The molecule has 2 atom stereocenters. The van der Waals surface area contributed by atoms with Crippen molar-refractivity contribution >= 4 is 5.91 Å². The zero-order chi connectivity index (χ0) is 10.1. The molecule has 0 radical (unpaired) electrons. The van der Waals surface area contributed by atoms with Crippen molar-refractivity contribution in [3.8, 4) is 0 Å². The van der Waals surface area contributed by atoms with E-state index in [1.54, 1.807) is 0 Å². The first-order valence-electron chi connectivity index (χ1n) is 4.73. The summed E-state index contributed by atoms with van der Waals surface area (Å²) in [4.78, 5) is 13.4. The van der Waals surface area contributed by atoms with Gasteiger partial charge >= 0.3 is 0 Å². The van der Waals surface area contributed by atoms with Crippen molar-refractivity contribution in [3.63, 3.8) is 0 Å². The van der Waals surface area contributed by atoms with Crippen LogP contribution in [0, 0.1) is 5.41 Å². The molecule has 4 nitrogen and oxygen atoms in total. The summed E-state index contributed by atoms with van der Waals surface area (Å²) >= 11 is 0. The van der Waals surface area contributed by atoms with E-state index in [1.165, 1.54) is 0 Å². The first-order chi connectivity index (χ1) is 5.99. The maximum absolute atomic E-state index is 11.1. The van der Waals surface area contributed by atoms with Crippen LogP contribution < -0.4 is 11.5 Å². The molecule has 1 amide bonds. The number of likely N-dealkylation sites (tertiary alicyclic amines) is 1. The Bertz CT molecular complexity index is 207. The fourth-order valence-electron chi connectivity index (χ4n) is 1.72. The van der Waals surface area contributed by atoms with Gasteiger partial charge in [0, 0.05) is 19.1 Å². The normalized spacial score (nSPS) is 31.9. The SMILES string of the molecule is CC(CN)N1CCC(C)(C(N)=O)C1. The molecule has 2 unspecified atom stereocenters. The van der Waals surface area contributed by atoms with Crippen molar-refractivity contribution in [2.45, 2.75) is 26.3 Å². The van der Waals surface area contributed by atoms with Gasteiger partial charge in [0.1, 0.15) is 0 Å². The van der Waals surface area contributed by atoms with Gasteiger partial charge in [-0.1, -0.05) is 0 Å². The molecule has 1 aliphatic rings. The molecule has 4 N–H and O–H groups in total. The lowest BCUT2D eigenvalue weighted by atomic mass is 9.89. The van der Waals surface area contributed by atoms with Crippen molar-refractivity contribution < 1.29 is 4.79 Å². The molecule has 0 aromatic rings. The van der Waals surface area contributed by atoms with E-state index in [0.717, 1.165) is 19.5 Å². The number of carbonyl (C=O) groups is 1. The minimum absolute atomic E-state index is 0.195. The molecule has 0 saturated carbocycles. The lowest BCUT2D eigenvalue weighted by Gasteiger charge is -2.25. The van der Waals surface area contributed by atoms with E-state index >= 15 is 0 Å². The van der Waals surface area contributed by atoms with Gasteiger partial charge in [-0.2, -0.15) is 0 Å². The molecule has 0 aromatic heterocycles. The highest BCUT2D eigenvalue weighted by atomic mass is 16.1. The van der Waals surface area contributed by atoms with Crippen LogP contribution in [-0.2, 0) is 4.79 Å². The predicted molar refractivity (Wildman–Crippen MR) is 52.0 cm³/mol. The quantitative estimate of drug-likeness (QED) is 0.624. The number of nitrogens with two attached hydrogens (primary N) is 2. The van der Waals surface area contributed by atoms with Crippen molar-refractivity contribution in [2.75, 3.05) is 19.6 Å². The summed E-state index contributed by atoms with van der Waals surface area (Å²) in [7, 11) is 0. The molecular formula is C9H19N3O. The lowest BCUT2D eigenvalue weighted by Crippen LogP contribution is -2.41. The van der Waals surface area contributed by atoms with Gasteiger partial charge in [-0.3, -0.25) is 9.69 Å². The average molecular weight is 185 g/mol. The smallest absolute Gasteiger partial charge is 0.224 e. The highest BCUT2D eigenvalue weighted by molar-refractivity contribution is 5.81. The van der Waals surface area contributed by atoms with E-state index in [2.05, 4.69) is 11.8 Å². The van der Waals surface area contributed by atoms with Gasteiger partial charge in [-0.05, 0) is 26.8 Å². The van der Waals surface area contributed by atoms with Crippen molar-refractivity contribution in [3.05, 3.63) is 0 Å². The van der Waals surface area contributed by atoms with E-state index in [0.29, 0.717) is 12.6 Å². The van der Waals surface area contributed by atoms with Crippen LogP contribution in [0.3, 0.4) is 0 Å². The third kappa shape index (κ3) is 2.00. The minimum Gasteiger partial charge on any atom is -0.369 e. The molecule has 76 valence electrons. The van der Waals surface area contributed by atoms with Crippen LogP contribution in [0.15, 0.2) is 0 Å². The summed E-state index contributed by atoms with van der Waals surface area (Å²) in [5, 5.41) is 0. The lowest BCUT2D eigenvalue weighted by molar-refractivity contribution is -0.126. The number of rotatable bonds is 3. The van der Waals surface area contributed by atoms with Crippen LogP contribution in [0.2, 0.25) is 0 Å². The number of hydrogen-bond donors (Lipinski definition) is 2. The van der Waals surface area contributed by atoms with Crippen molar-refractivity contribution in [2.24, 2.45) is 16.9 Å². The van der Waals surface area contributed by atoms with Crippen molar-refractivity contribution in [1.29, 1.82) is 0 Å². The predicted octanol–water partition coefficient (Wildman–Crippen LogP) is -0.469. The van der Waals surface area contributed by atoms with Gasteiger partial charge in [0.15, 0.2) is 0 Å². The zero-order valence-corrected chi connectivity index (χ0v) is 8.42. The van der Waals surface area contributed by atoms with Crippen LogP contribution in [0.1, 0.15) is 20.3 Å². The number of hydrogen-bond acceptors (Lipinski definition) is 3. The Hall–Kier alpha value is -0.610. The Morgan fingerprint density at radius 1 is 1.69 bits per heavy atom. The first-order valence-corrected chi connectivity index (χ1v) is 4.73. The van der Waals surface area contributed by atoms with Crippen LogP contribution in [0.5, 0.6) is 0 Å². The molecule has 1 aliphatic heterocycles. The molecular weight excluding hydrogens is 166 g/mol. The number of primary amides is 1. The van der Waals surface area contributed by atoms with Crippen LogP contribution >= 0.6 is 0 Å². The molecule has 13 heavy (non-hydrogen) atoms. The third-order valence-electron chi connectivity index (χ3n) is 3.06. The molecule has 0 aliphatic carbocycles. The monoisotopic (exact) mass is 185 g/mol. The van der Waals surface area contributed by atoms with Crippen LogP contribution in [0.25, 0.3) is 0 Å². The summed E-state index contributed by atoms with van der Waals surface area (Å²) in [6.45, 7) is 6.32. The van der Waals surface area contributed by atoms with E-state index < -0.39 is 0 Å². The molecule has 1 saturated heterocycles. The van der Waals surface area contributed by atoms with Gasteiger partial charge in [0.25, 0.3) is 0 Å². The summed E-state index contributed by atoms with van der Waals surface area (Å²) < 4.78 is 0. The second kappa shape index (κ2) is 3.64. The maximum Gasteiger partial charge on any atom is 0.224 e. The Morgan fingerprint density at radius 3 is 2.69 bits per heavy atom. The molecule has 0 spiro atoms. The molecule has 1 heterocycles. The fourth-order valence-corrected chi connectivity index (χ4v) is 1.72. The largest absolute Gasteiger partial charge is 0.369 e. The Kier molecular flexibility index (Phi) is 2.93. The van der Waals surface area contributed by atoms with Gasteiger partial charge in [0.05, 0.1) is 5.41 Å². The molecule has 0 aromatic carbocycles. The highest BCUT2D eigenvalue weighted by Crippen LogP contribution is 2.30. The van der Waals surface area contributed by atoms with E-state index in [-0.39, 0.29) is 11.3 Å². The van der Waals surface area contributed by atoms with Crippen LogP contribution in [0.4, 0.5) is 0 Å². The van der Waals surface area contributed by atoms with Crippen molar-refractivity contribution in [1.82, 2.24) is 4.90 Å². The van der Waals surface area contributed by atoms with E-state index in [4.69, 9.17) is 11.5 Å². The number of carbonyl (C=O) groups excluding carboxylic acids is 1. The maximum atomic E-state index is 11.1. The summed E-state index contributed by atoms with van der Waals surface area (Å²) in [6.07, 6.45) is 0.854. The second-order valence-corrected chi connectivity index (χ2v) is 4.23. The molecule has 0 bridgehead atoms. The topological polar surface area (TPSA) is 72.3 Å². The minimum atomic E-state index is -0.344. The summed E-state index contributed by atoms with van der Waals surface area (Å²) in [5.41, 5.74) is 10.6. The van der Waals surface area contributed by atoms with Gasteiger partial charge in [-0.15, -0.1) is 0 Å². The number of amides is 1.